The van der Waals surface area contributed by atoms with Crippen LogP contribution < -0.4 is 11.1 Å². The van der Waals surface area contributed by atoms with Gasteiger partial charge in [0.1, 0.15) is 0 Å². The smallest absolute Gasteiger partial charge is 0.225 e. The summed E-state index contributed by atoms with van der Waals surface area (Å²) in [4.78, 5) is 25.9. The van der Waals surface area contributed by atoms with Crippen LogP contribution in [0.3, 0.4) is 0 Å². The second kappa shape index (κ2) is 6.08. The quantitative estimate of drug-likeness (QED) is 0.852. The van der Waals surface area contributed by atoms with Gasteiger partial charge >= 0.3 is 0 Å². The van der Waals surface area contributed by atoms with Gasteiger partial charge in [-0.1, -0.05) is 30.3 Å². The van der Waals surface area contributed by atoms with Crippen LogP contribution in [0.2, 0.25) is 0 Å². The van der Waals surface area contributed by atoms with Gasteiger partial charge in [0, 0.05) is 37.4 Å². The largest absolute Gasteiger partial charge is 0.351 e. The van der Waals surface area contributed by atoms with E-state index < -0.39 is 0 Å². The number of likely N-dealkylation sites (tertiary alicyclic amines) is 1. The lowest BCUT2D eigenvalue weighted by Gasteiger charge is -2.18. The molecule has 2 fully saturated rings. The number of hydrogen-bond acceptors (Lipinski definition) is 3. The second-order valence-electron chi connectivity index (χ2n) is 6.52. The summed E-state index contributed by atoms with van der Waals surface area (Å²) in [7, 11) is 0. The summed E-state index contributed by atoms with van der Waals surface area (Å²) in [6, 6.07) is 10.4. The maximum Gasteiger partial charge on any atom is 0.225 e. The fourth-order valence-corrected chi connectivity index (χ4v) is 3.31. The number of carbonyl (C=O) groups excluding carboxylic acids is 2. The average molecular weight is 301 g/mol. The first-order valence-corrected chi connectivity index (χ1v) is 7.94. The Bertz CT molecular complexity index is 558. The van der Waals surface area contributed by atoms with Gasteiger partial charge in [0.15, 0.2) is 0 Å². The Morgan fingerprint density at radius 1 is 1.41 bits per heavy atom. The van der Waals surface area contributed by atoms with Gasteiger partial charge in [-0.2, -0.15) is 0 Å². The normalized spacial score (nSPS) is 28.5. The lowest BCUT2D eigenvalue weighted by atomic mass is 10.1. The van der Waals surface area contributed by atoms with E-state index in [4.69, 9.17) is 5.73 Å². The Labute approximate surface area is 130 Å². The van der Waals surface area contributed by atoms with Gasteiger partial charge in [-0.15, -0.1) is 0 Å². The van der Waals surface area contributed by atoms with E-state index in [2.05, 4.69) is 17.4 Å². The SMILES string of the molecule is CC(N)CC(=O)NC1CC(=O)N(C2CC2c2ccccc2)C1. The van der Waals surface area contributed by atoms with Crippen LogP contribution in [0.25, 0.3) is 0 Å². The predicted molar refractivity (Wildman–Crippen MR) is 84.1 cm³/mol. The highest BCUT2D eigenvalue weighted by atomic mass is 16.2. The highest BCUT2D eigenvalue weighted by Crippen LogP contribution is 2.45. The first-order valence-electron chi connectivity index (χ1n) is 7.94. The van der Waals surface area contributed by atoms with Crippen molar-refractivity contribution in [1.29, 1.82) is 0 Å². The number of nitrogens with zero attached hydrogens (tertiary/aromatic N) is 1. The van der Waals surface area contributed by atoms with E-state index >= 15 is 0 Å². The third-order valence-corrected chi connectivity index (χ3v) is 4.42. The number of nitrogens with one attached hydrogen (secondary N) is 1. The molecule has 4 atom stereocenters. The van der Waals surface area contributed by atoms with Crippen LogP contribution in [0.1, 0.15) is 37.7 Å². The number of rotatable bonds is 5. The van der Waals surface area contributed by atoms with Crippen molar-refractivity contribution in [2.24, 2.45) is 5.73 Å². The topological polar surface area (TPSA) is 75.4 Å². The van der Waals surface area contributed by atoms with Crippen LogP contribution >= 0.6 is 0 Å². The molecule has 118 valence electrons. The summed E-state index contributed by atoms with van der Waals surface area (Å²) in [5, 5.41) is 2.93. The molecule has 0 aromatic heterocycles. The Morgan fingerprint density at radius 2 is 2.14 bits per heavy atom. The van der Waals surface area contributed by atoms with Crippen LogP contribution in [-0.2, 0) is 9.59 Å². The minimum Gasteiger partial charge on any atom is -0.351 e. The van der Waals surface area contributed by atoms with Crippen LogP contribution in [-0.4, -0.2) is 41.4 Å². The van der Waals surface area contributed by atoms with Gasteiger partial charge in [0.05, 0.1) is 6.04 Å². The van der Waals surface area contributed by atoms with E-state index in [0.717, 1.165) is 6.42 Å². The lowest BCUT2D eigenvalue weighted by molar-refractivity contribution is -0.128. The molecule has 5 heteroatoms. The summed E-state index contributed by atoms with van der Waals surface area (Å²) < 4.78 is 0. The molecule has 4 unspecified atom stereocenters. The fourth-order valence-electron chi connectivity index (χ4n) is 3.31. The van der Waals surface area contributed by atoms with Crippen molar-refractivity contribution >= 4 is 11.8 Å². The summed E-state index contributed by atoms with van der Waals surface area (Å²) in [5.41, 5.74) is 6.92. The number of benzene rings is 1. The van der Waals surface area contributed by atoms with Gasteiger partial charge in [0.2, 0.25) is 11.8 Å². The second-order valence-corrected chi connectivity index (χ2v) is 6.52. The summed E-state index contributed by atoms with van der Waals surface area (Å²) in [5.74, 6) is 0.531. The maximum atomic E-state index is 12.2. The van der Waals surface area contributed by atoms with Gasteiger partial charge < -0.3 is 16.0 Å². The van der Waals surface area contributed by atoms with Gasteiger partial charge in [-0.3, -0.25) is 9.59 Å². The molecule has 1 heterocycles. The summed E-state index contributed by atoms with van der Waals surface area (Å²) in [6.07, 6.45) is 1.74. The molecule has 2 amide bonds. The number of hydrogen-bond donors (Lipinski definition) is 2. The third-order valence-electron chi connectivity index (χ3n) is 4.42. The van der Waals surface area contributed by atoms with Crippen molar-refractivity contribution in [3.05, 3.63) is 35.9 Å². The van der Waals surface area contributed by atoms with Gasteiger partial charge in [-0.05, 0) is 18.9 Å². The van der Waals surface area contributed by atoms with E-state index in [1.807, 2.05) is 23.1 Å². The molecule has 0 spiro atoms. The zero-order valence-corrected chi connectivity index (χ0v) is 12.9. The van der Waals surface area contributed by atoms with Crippen molar-refractivity contribution in [1.82, 2.24) is 10.2 Å². The number of nitrogens with two attached hydrogens (primary N) is 1. The molecule has 3 N–H and O–H groups in total. The van der Waals surface area contributed by atoms with Crippen LogP contribution in [0, 0.1) is 0 Å². The predicted octanol–water partition coefficient (Wildman–Crippen LogP) is 0.997. The molecule has 1 aromatic carbocycles. The highest BCUT2D eigenvalue weighted by molar-refractivity contribution is 5.83. The Kier molecular flexibility index (Phi) is 4.16. The molecule has 1 saturated carbocycles. The zero-order valence-electron chi connectivity index (χ0n) is 12.9. The van der Waals surface area contributed by atoms with Gasteiger partial charge in [0.25, 0.3) is 0 Å². The number of carbonyl (C=O) groups is 2. The number of amides is 2. The third kappa shape index (κ3) is 3.30. The molecule has 22 heavy (non-hydrogen) atoms. The van der Waals surface area contributed by atoms with Crippen molar-refractivity contribution in [2.45, 2.75) is 50.2 Å². The molecule has 1 aliphatic carbocycles. The average Bonchev–Trinajstić information content (AvgIpc) is 3.17. The first kappa shape index (κ1) is 15.0. The minimum absolute atomic E-state index is 0.0648. The Hall–Kier alpha value is -1.88. The van der Waals surface area contributed by atoms with E-state index in [-0.39, 0.29) is 23.9 Å². The Balaban J connectivity index is 1.54. The van der Waals surface area contributed by atoms with Crippen molar-refractivity contribution in [3.8, 4) is 0 Å². The summed E-state index contributed by atoms with van der Waals surface area (Å²) >= 11 is 0. The molecule has 5 nitrogen and oxygen atoms in total. The van der Waals surface area contributed by atoms with Crippen LogP contribution in [0.4, 0.5) is 0 Å². The lowest BCUT2D eigenvalue weighted by Crippen LogP contribution is -2.39. The van der Waals surface area contributed by atoms with E-state index in [1.54, 1.807) is 6.92 Å². The molecule has 0 radical (unpaired) electrons. The van der Waals surface area contributed by atoms with Gasteiger partial charge in [-0.25, -0.2) is 0 Å². The molecule has 1 aliphatic heterocycles. The maximum absolute atomic E-state index is 12.2. The molecule has 1 aromatic rings. The van der Waals surface area contributed by atoms with Crippen molar-refractivity contribution in [3.63, 3.8) is 0 Å². The molecular formula is C17H23N3O2. The van der Waals surface area contributed by atoms with E-state index in [1.165, 1.54) is 5.56 Å². The van der Waals surface area contributed by atoms with Crippen LogP contribution in [0.5, 0.6) is 0 Å². The molecular weight excluding hydrogens is 278 g/mol. The fraction of sp³-hybridized carbons (Fsp3) is 0.529. The van der Waals surface area contributed by atoms with Crippen molar-refractivity contribution < 1.29 is 9.59 Å². The molecule has 3 rings (SSSR count). The minimum atomic E-state index is -0.154. The summed E-state index contributed by atoms with van der Waals surface area (Å²) in [6.45, 7) is 2.43. The zero-order chi connectivity index (χ0) is 15.7. The van der Waals surface area contributed by atoms with E-state index in [9.17, 15) is 9.59 Å². The molecule has 2 aliphatic rings. The van der Waals surface area contributed by atoms with Crippen LogP contribution in [0.15, 0.2) is 30.3 Å². The first-order chi connectivity index (χ1) is 10.5. The Morgan fingerprint density at radius 3 is 2.82 bits per heavy atom. The monoisotopic (exact) mass is 301 g/mol. The highest BCUT2D eigenvalue weighted by Gasteiger charge is 2.47. The van der Waals surface area contributed by atoms with Crippen molar-refractivity contribution in [2.75, 3.05) is 6.54 Å². The van der Waals surface area contributed by atoms with E-state index in [0.29, 0.717) is 31.3 Å². The molecule has 0 bridgehead atoms. The standard InChI is InChI=1S/C17H23N3O2/c1-11(18)7-16(21)19-13-8-17(22)20(10-13)15-9-14(15)12-5-3-2-4-6-12/h2-6,11,13-15H,7-10,18H2,1H3,(H,19,21). The molecule has 1 saturated heterocycles.